The number of nitrogens with zero attached hydrogens (tertiary/aromatic N) is 4. The molecule has 0 saturated carbocycles. The van der Waals surface area contributed by atoms with Gasteiger partial charge in [-0.3, -0.25) is 14.7 Å². The highest BCUT2D eigenvalue weighted by molar-refractivity contribution is 6.24. The molecular weight excluding hydrogens is 430 g/mol. The molecule has 8 nitrogen and oxygen atoms in total. The number of H-pyrrole nitrogens is 1. The van der Waals surface area contributed by atoms with Gasteiger partial charge >= 0.3 is 0 Å². The molecule has 0 bridgehead atoms. The minimum absolute atomic E-state index is 0.0122. The molecule has 1 aliphatic rings. The standard InChI is InChI=1S/C26H19N5O3/c1-34-20-11-7-16(8-12-20)24-23-25(30-29-24)21-4-2-3-17(22(21)26(23)33)14-19(32)13-15-5-9-18(10-6-15)28-31-27/h2-12H,13-14H2,1H3,(H,29,30). The Kier molecular flexibility index (Phi) is 5.41. The van der Waals surface area contributed by atoms with E-state index in [9.17, 15) is 9.59 Å². The molecule has 1 heterocycles. The molecule has 4 aromatic rings. The highest BCUT2D eigenvalue weighted by Gasteiger charge is 2.34. The third-order valence-electron chi connectivity index (χ3n) is 5.89. The van der Waals surface area contributed by atoms with E-state index in [1.165, 1.54) is 0 Å². The summed E-state index contributed by atoms with van der Waals surface area (Å²) in [4.78, 5) is 29.1. The molecule has 0 aliphatic heterocycles. The maximum atomic E-state index is 13.5. The molecule has 166 valence electrons. The zero-order valence-corrected chi connectivity index (χ0v) is 18.3. The molecule has 5 rings (SSSR count). The third-order valence-corrected chi connectivity index (χ3v) is 5.89. The van der Waals surface area contributed by atoms with Crippen molar-refractivity contribution in [2.45, 2.75) is 12.8 Å². The molecule has 0 spiro atoms. The van der Waals surface area contributed by atoms with Crippen molar-refractivity contribution < 1.29 is 14.3 Å². The van der Waals surface area contributed by atoms with Crippen molar-refractivity contribution in [3.8, 4) is 28.3 Å². The Morgan fingerprint density at radius 1 is 1.03 bits per heavy atom. The largest absolute Gasteiger partial charge is 0.497 e. The SMILES string of the molecule is COc1ccc(-c2n[nH]c3c2C(=O)c2c(CC(=O)Cc4ccc(N=[N+]=[N-])cc4)cccc2-3)cc1. The van der Waals surface area contributed by atoms with Gasteiger partial charge in [0.25, 0.3) is 0 Å². The highest BCUT2D eigenvalue weighted by atomic mass is 16.5. The van der Waals surface area contributed by atoms with Gasteiger partial charge in [-0.1, -0.05) is 47.6 Å². The van der Waals surface area contributed by atoms with Crippen LogP contribution in [0.3, 0.4) is 0 Å². The second-order valence-corrected chi connectivity index (χ2v) is 7.97. The Morgan fingerprint density at radius 2 is 1.79 bits per heavy atom. The van der Waals surface area contributed by atoms with E-state index in [0.717, 1.165) is 22.4 Å². The Labute approximate surface area is 194 Å². The van der Waals surface area contributed by atoms with Crippen molar-refractivity contribution in [1.29, 1.82) is 0 Å². The quantitative estimate of drug-likeness (QED) is 0.198. The van der Waals surface area contributed by atoms with Crippen LogP contribution in [0.4, 0.5) is 5.69 Å². The average Bonchev–Trinajstić information content (AvgIpc) is 3.41. The van der Waals surface area contributed by atoms with Gasteiger partial charge in [0.1, 0.15) is 17.2 Å². The summed E-state index contributed by atoms with van der Waals surface area (Å²) in [6.07, 6.45) is 0.362. The predicted octanol–water partition coefficient (Wildman–Crippen LogP) is 5.59. The van der Waals surface area contributed by atoms with Crippen molar-refractivity contribution in [3.05, 3.63) is 99.4 Å². The van der Waals surface area contributed by atoms with Crippen LogP contribution in [-0.2, 0) is 17.6 Å². The number of hydrogen-bond donors (Lipinski definition) is 1. The normalized spacial score (nSPS) is 11.5. The number of ketones is 2. The third kappa shape index (κ3) is 3.72. The molecule has 0 fully saturated rings. The second kappa shape index (κ2) is 8.69. The number of Topliss-reactive ketones (excluding diaryl/α,β-unsaturated/α-hetero) is 1. The van der Waals surface area contributed by atoms with Crippen LogP contribution in [0.2, 0.25) is 0 Å². The van der Waals surface area contributed by atoms with E-state index in [0.29, 0.717) is 33.8 Å². The molecule has 3 aromatic carbocycles. The minimum atomic E-state index is -0.133. The summed E-state index contributed by atoms with van der Waals surface area (Å²) in [7, 11) is 1.60. The number of methoxy groups -OCH3 is 1. The van der Waals surface area contributed by atoms with Gasteiger partial charge in [-0.15, -0.1) is 0 Å². The number of rotatable bonds is 7. The lowest BCUT2D eigenvalue weighted by atomic mass is 9.95. The number of nitrogens with one attached hydrogen (secondary N) is 1. The lowest BCUT2D eigenvalue weighted by Crippen LogP contribution is -2.10. The number of carbonyl (C=O) groups is 2. The molecule has 0 amide bonds. The predicted molar refractivity (Wildman–Crippen MR) is 127 cm³/mol. The molecular formula is C26H19N5O3. The number of aromatic amines is 1. The summed E-state index contributed by atoms with van der Waals surface area (Å²) in [6.45, 7) is 0. The first-order valence-corrected chi connectivity index (χ1v) is 10.6. The lowest BCUT2D eigenvalue weighted by Gasteiger charge is -2.08. The summed E-state index contributed by atoms with van der Waals surface area (Å²) >= 11 is 0. The number of hydrogen-bond acceptors (Lipinski definition) is 5. The first-order valence-electron chi connectivity index (χ1n) is 10.6. The minimum Gasteiger partial charge on any atom is -0.497 e. The van der Waals surface area contributed by atoms with E-state index in [1.807, 2.05) is 42.5 Å². The van der Waals surface area contributed by atoms with Gasteiger partial charge in [-0.25, -0.2) is 0 Å². The maximum absolute atomic E-state index is 13.5. The summed E-state index contributed by atoms with van der Waals surface area (Å²) < 4.78 is 5.22. The number of azide groups is 1. The molecule has 34 heavy (non-hydrogen) atoms. The molecule has 1 aliphatic carbocycles. The molecule has 1 N–H and O–H groups in total. The van der Waals surface area contributed by atoms with E-state index >= 15 is 0 Å². The maximum Gasteiger partial charge on any atom is 0.198 e. The monoisotopic (exact) mass is 449 g/mol. The first-order chi connectivity index (χ1) is 16.6. The van der Waals surface area contributed by atoms with E-state index in [2.05, 4.69) is 20.2 Å². The van der Waals surface area contributed by atoms with Crippen molar-refractivity contribution in [2.75, 3.05) is 7.11 Å². The first kappa shape index (κ1) is 21.2. The van der Waals surface area contributed by atoms with Gasteiger partial charge in [0.15, 0.2) is 5.78 Å². The number of carbonyl (C=O) groups excluding carboxylic acids is 2. The van der Waals surface area contributed by atoms with Gasteiger partial charge in [0.05, 0.1) is 18.4 Å². The molecule has 0 unspecified atom stereocenters. The molecule has 0 saturated heterocycles. The van der Waals surface area contributed by atoms with Crippen molar-refractivity contribution in [2.24, 2.45) is 5.11 Å². The van der Waals surface area contributed by atoms with E-state index in [-0.39, 0.29) is 24.4 Å². The second-order valence-electron chi connectivity index (χ2n) is 7.97. The molecule has 1 aromatic heterocycles. The van der Waals surface area contributed by atoms with Crippen LogP contribution in [0.15, 0.2) is 71.8 Å². The van der Waals surface area contributed by atoms with Crippen LogP contribution in [-0.4, -0.2) is 28.9 Å². The molecule has 0 radical (unpaired) electrons. The summed E-state index contributed by atoms with van der Waals surface area (Å²) in [5, 5.41) is 10.9. The van der Waals surface area contributed by atoms with Crippen molar-refractivity contribution in [1.82, 2.24) is 10.2 Å². The zero-order valence-electron chi connectivity index (χ0n) is 18.3. The van der Waals surface area contributed by atoms with Crippen LogP contribution in [0.25, 0.3) is 33.0 Å². The van der Waals surface area contributed by atoms with Crippen molar-refractivity contribution >= 4 is 17.3 Å². The summed E-state index contributed by atoms with van der Waals surface area (Å²) in [5.74, 6) is 0.576. The number of benzene rings is 3. The highest BCUT2D eigenvalue weighted by Crippen LogP contribution is 2.41. The lowest BCUT2D eigenvalue weighted by molar-refractivity contribution is -0.117. The van der Waals surface area contributed by atoms with Crippen LogP contribution < -0.4 is 4.74 Å². The van der Waals surface area contributed by atoms with Crippen LogP contribution in [0.5, 0.6) is 5.75 Å². The fraction of sp³-hybridized carbons (Fsp3) is 0.115. The van der Waals surface area contributed by atoms with Crippen molar-refractivity contribution in [3.63, 3.8) is 0 Å². The van der Waals surface area contributed by atoms with Gasteiger partial charge in [0, 0.05) is 40.1 Å². The summed E-state index contributed by atoms with van der Waals surface area (Å²) in [6, 6.07) is 19.8. The van der Waals surface area contributed by atoms with E-state index in [4.69, 9.17) is 10.3 Å². The average molecular weight is 449 g/mol. The van der Waals surface area contributed by atoms with Gasteiger partial charge in [0.2, 0.25) is 0 Å². The van der Waals surface area contributed by atoms with Gasteiger partial charge in [-0.05, 0) is 40.9 Å². The van der Waals surface area contributed by atoms with E-state index < -0.39 is 0 Å². The van der Waals surface area contributed by atoms with Crippen LogP contribution in [0, 0.1) is 0 Å². The zero-order chi connectivity index (χ0) is 23.7. The van der Waals surface area contributed by atoms with Crippen LogP contribution in [0.1, 0.15) is 27.0 Å². The molecule has 0 atom stereocenters. The topological polar surface area (TPSA) is 121 Å². The Hall–Kier alpha value is -4.68. The smallest absolute Gasteiger partial charge is 0.198 e. The number of aromatic nitrogens is 2. The number of fused-ring (bicyclic) bond motifs is 3. The van der Waals surface area contributed by atoms with Gasteiger partial charge < -0.3 is 4.74 Å². The fourth-order valence-electron chi connectivity index (χ4n) is 4.30. The van der Waals surface area contributed by atoms with E-state index in [1.54, 1.807) is 31.4 Å². The van der Waals surface area contributed by atoms with Crippen LogP contribution >= 0.6 is 0 Å². The summed E-state index contributed by atoms with van der Waals surface area (Å²) in [5.41, 5.74) is 14.4. The molecule has 8 heteroatoms. The fourth-order valence-corrected chi connectivity index (χ4v) is 4.30. The Bertz CT molecular complexity index is 1460. The Morgan fingerprint density at radius 3 is 2.50 bits per heavy atom. The Balaban J connectivity index is 1.41. The van der Waals surface area contributed by atoms with Gasteiger partial charge in [-0.2, -0.15) is 5.10 Å². The number of ether oxygens (including phenoxy) is 1.